The summed E-state index contributed by atoms with van der Waals surface area (Å²) >= 11 is 1.58. The highest BCUT2D eigenvalue weighted by atomic mass is 32.2. The van der Waals surface area contributed by atoms with Crippen molar-refractivity contribution in [1.29, 1.82) is 5.26 Å². The van der Waals surface area contributed by atoms with Crippen LogP contribution in [0.2, 0.25) is 0 Å². The van der Waals surface area contributed by atoms with E-state index >= 15 is 0 Å². The van der Waals surface area contributed by atoms with Crippen LogP contribution >= 0.6 is 11.8 Å². The zero-order valence-corrected chi connectivity index (χ0v) is 11.9. The predicted molar refractivity (Wildman–Crippen MR) is 77.4 cm³/mol. The van der Waals surface area contributed by atoms with E-state index in [4.69, 9.17) is 9.47 Å². The van der Waals surface area contributed by atoms with Gasteiger partial charge in [0.1, 0.15) is 19.3 Å². The van der Waals surface area contributed by atoms with E-state index in [1.54, 1.807) is 11.8 Å². The van der Waals surface area contributed by atoms with Crippen LogP contribution in [0.25, 0.3) is 0 Å². The Balaban J connectivity index is 1.94. The fraction of sp³-hybridized carbons (Fsp3) is 0.188. The van der Waals surface area contributed by atoms with Gasteiger partial charge in [-0.05, 0) is 36.8 Å². The molecule has 0 aliphatic carbocycles. The van der Waals surface area contributed by atoms with Gasteiger partial charge in [-0.2, -0.15) is 5.26 Å². The maximum Gasteiger partial charge on any atom is 0.162 e. The lowest BCUT2D eigenvalue weighted by Crippen LogP contribution is -2.15. The average Bonchev–Trinajstić information content (AvgIpc) is 2.49. The average molecular weight is 283 g/mol. The van der Waals surface area contributed by atoms with Gasteiger partial charge in [0.25, 0.3) is 0 Å². The molecule has 0 radical (unpaired) electrons. The van der Waals surface area contributed by atoms with Crippen LogP contribution in [-0.4, -0.2) is 13.2 Å². The summed E-state index contributed by atoms with van der Waals surface area (Å²) in [6.07, 6.45) is 0. The van der Waals surface area contributed by atoms with E-state index in [-0.39, 0.29) is 0 Å². The molecule has 0 atom stereocenters. The lowest BCUT2D eigenvalue weighted by Gasteiger charge is -2.19. The molecule has 1 heterocycles. The number of nitriles is 1. The monoisotopic (exact) mass is 283 g/mol. The van der Waals surface area contributed by atoms with Crippen LogP contribution in [0, 0.1) is 18.3 Å². The van der Waals surface area contributed by atoms with Gasteiger partial charge in [0.05, 0.1) is 5.56 Å². The van der Waals surface area contributed by atoms with E-state index in [0.717, 1.165) is 26.9 Å². The lowest BCUT2D eigenvalue weighted by atomic mass is 10.1. The summed E-state index contributed by atoms with van der Waals surface area (Å²) in [5, 5.41) is 9.20. The lowest BCUT2D eigenvalue weighted by molar-refractivity contribution is 0.171. The molecule has 2 aromatic rings. The van der Waals surface area contributed by atoms with Crippen LogP contribution < -0.4 is 9.47 Å². The maximum atomic E-state index is 9.20. The molecule has 0 unspecified atom stereocenters. The van der Waals surface area contributed by atoms with Gasteiger partial charge in [-0.15, -0.1) is 0 Å². The molecule has 0 bridgehead atoms. The number of fused-ring (bicyclic) bond motifs is 1. The third-order valence-electron chi connectivity index (χ3n) is 3.07. The van der Waals surface area contributed by atoms with Gasteiger partial charge < -0.3 is 9.47 Å². The highest BCUT2D eigenvalue weighted by Crippen LogP contribution is 2.38. The highest BCUT2D eigenvalue weighted by molar-refractivity contribution is 7.99. The Morgan fingerprint density at radius 1 is 1.10 bits per heavy atom. The second kappa shape index (κ2) is 5.48. The van der Waals surface area contributed by atoms with Gasteiger partial charge in [0.15, 0.2) is 11.5 Å². The van der Waals surface area contributed by atoms with Crippen molar-refractivity contribution < 1.29 is 9.47 Å². The Morgan fingerprint density at radius 2 is 1.90 bits per heavy atom. The Hall–Kier alpha value is -2.12. The fourth-order valence-corrected chi connectivity index (χ4v) is 3.07. The second-order valence-electron chi connectivity index (χ2n) is 4.47. The van der Waals surface area contributed by atoms with Crippen LogP contribution in [0.15, 0.2) is 46.2 Å². The molecule has 3 rings (SSSR count). The number of rotatable bonds is 2. The predicted octanol–water partition coefficient (Wildman–Crippen LogP) is 3.79. The molecular formula is C16H13NO2S. The van der Waals surface area contributed by atoms with Crippen LogP contribution in [0.1, 0.15) is 11.1 Å². The number of aryl methyl sites for hydroxylation is 1. The van der Waals surface area contributed by atoms with Crippen LogP contribution in [0.4, 0.5) is 0 Å². The fourth-order valence-electron chi connectivity index (χ4n) is 2.08. The van der Waals surface area contributed by atoms with E-state index in [9.17, 15) is 5.26 Å². The molecule has 0 amide bonds. The number of hydrogen-bond acceptors (Lipinski definition) is 4. The van der Waals surface area contributed by atoms with Crippen molar-refractivity contribution in [2.45, 2.75) is 16.7 Å². The summed E-state index contributed by atoms with van der Waals surface area (Å²) in [6.45, 7) is 3.19. The van der Waals surface area contributed by atoms with Gasteiger partial charge in [-0.3, -0.25) is 0 Å². The van der Waals surface area contributed by atoms with Gasteiger partial charge in [0, 0.05) is 9.79 Å². The van der Waals surface area contributed by atoms with E-state index in [2.05, 4.69) is 6.07 Å². The minimum atomic E-state index is 0.578. The maximum absolute atomic E-state index is 9.20. The minimum Gasteiger partial charge on any atom is -0.486 e. The topological polar surface area (TPSA) is 42.2 Å². The van der Waals surface area contributed by atoms with Crippen molar-refractivity contribution in [3.63, 3.8) is 0 Å². The molecule has 20 heavy (non-hydrogen) atoms. The first-order valence-corrected chi connectivity index (χ1v) is 7.17. The Bertz CT molecular complexity index is 691. The smallest absolute Gasteiger partial charge is 0.162 e. The van der Waals surface area contributed by atoms with Gasteiger partial charge >= 0.3 is 0 Å². The molecule has 0 aromatic heterocycles. The van der Waals surface area contributed by atoms with E-state index < -0.39 is 0 Å². The van der Waals surface area contributed by atoms with Crippen molar-refractivity contribution in [2.24, 2.45) is 0 Å². The number of nitrogens with zero attached hydrogens (tertiary/aromatic N) is 1. The summed E-state index contributed by atoms with van der Waals surface area (Å²) in [5.41, 5.74) is 1.80. The van der Waals surface area contributed by atoms with Crippen LogP contribution in [0.5, 0.6) is 11.5 Å². The second-order valence-corrected chi connectivity index (χ2v) is 5.55. The molecular weight excluding hydrogens is 270 g/mol. The summed E-state index contributed by atoms with van der Waals surface area (Å²) in [4.78, 5) is 2.03. The van der Waals surface area contributed by atoms with Gasteiger partial charge in [-0.1, -0.05) is 23.9 Å². The van der Waals surface area contributed by atoms with E-state index in [1.807, 2.05) is 43.3 Å². The van der Waals surface area contributed by atoms with E-state index in [0.29, 0.717) is 18.8 Å². The summed E-state index contributed by atoms with van der Waals surface area (Å²) < 4.78 is 11.1. The molecule has 0 spiro atoms. The molecule has 0 N–H and O–H groups in total. The molecule has 1 aliphatic heterocycles. The molecule has 1 aliphatic rings. The quantitative estimate of drug-likeness (QED) is 0.841. The molecule has 3 nitrogen and oxygen atoms in total. The Kier molecular flexibility index (Phi) is 3.53. The van der Waals surface area contributed by atoms with Crippen molar-refractivity contribution in [3.05, 3.63) is 47.5 Å². The zero-order valence-electron chi connectivity index (χ0n) is 11.1. The first-order valence-electron chi connectivity index (χ1n) is 6.35. The Labute approximate surface area is 122 Å². The summed E-state index contributed by atoms with van der Waals surface area (Å²) in [7, 11) is 0. The van der Waals surface area contributed by atoms with Crippen LogP contribution in [0.3, 0.4) is 0 Å². The van der Waals surface area contributed by atoms with Crippen molar-refractivity contribution >= 4 is 11.8 Å². The van der Waals surface area contributed by atoms with Gasteiger partial charge in [-0.25, -0.2) is 0 Å². The van der Waals surface area contributed by atoms with Crippen molar-refractivity contribution in [3.8, 4) is 17.6 Å². The highest BCUT2D eigenvalue weighted by Gasteiger charge is 2.13. The first-order chi connectivity index (χ1) is 9.78. The van der Waals surface area contributed by atoms with Crippen molar-refractivity contribution in [1.82, 2.24) is 0 Å². The van der Waals surface area contributed by atoms with E-state index in [1.165, 1.54) is 0 Å². The SMILES string of the molecule is Cc1cccc(C#N)c1Sc1ccc2c(c1)OCCO2. The molecule has 0 saturated heterocycles. The third kappa shape index (κ3) is 2.45. The number of benzene rings is 2. The number of hydrogen-bond donors (Lipinski definition) is 0. The largest absolute Gasteiger partial charge is 0.486 e. The minimum absolute atomic E-state index is 0.578. The summed E-state index contributed by atoms with van der Waals surface area (Å²) in [5.74, 6) is 1.55. The Morgan fingerprint density at radius 3 is 2.70 bits per heavy atom. The normalized spacial score (nSPS) is 12.8. The first kappa shape index (κ1) is 12.9. The molecule has 100 valence electrons. The van der Waals surface area contributed by atoms with Crippen LogP contribution in [-0.2, 0) is 0 Å². The molecule has 0 fully saturated rings. The van der Waals surface area contributed by atoms with Crippen molar-refractivity contribution in [2.75, 3.05) is 13.2 Å². The standard InChI is InChI=1S/C16H13NO2S/c1-11-3-2-4-12(10-17)16(11)20-13-5-6-14-15(9-13)19-8-7-18-14/h2-6,9H,7-8H2,1H3. The molecule has 4 heteroatoms. The summed E-state index contributed by atoms with van der Waals surface area (Å²) in [6, 6.07) is 13.9. The molecule has 2 aromatic carbocycles. The third-order valence-corrected chi connectivity index (χ3v) is 4.30. The van der Waals surface area contributed by atoms with Gasteiger partial charge in [0.2, 0.25) is 0 Å². The number of ether oxygens (including phenoxy) is 2. The zero-order chi connectivity index (χ0) is 13.9. The molecule has 0 saturated carbocycles.